The predicted octanol–water partition coefficient (Wildman–Crippen LogP) is 3.20. The molecular formula is C9H11ClF2N2O. The number of alkyl halides is 2. The molecule has 1 heterocycles. The molecule has 0 aromatic carbocycles. The summed E-state index contributed by atoms with van der Waals surface area (Å²) < 4.78 is 30.7. The van der Waals surface area contributed by atoms with Gasteiger partial charge in [-0.05, 0) is 12.8 Å². The van der Waals surface area contributed by atoms with Crippen molar-refractivity contribution in [3.63, 3.8) is 0 Å². The fourth-order valence-electron chi connectivity index (χ4n) is 1.86. The Kier molecular flexibility index (Phi) is 2.58. The average molecular weight is 237 g/mol. The van der Waals surface area contributed by atoms with Crippen LogP contribution in [0.2, 0.25) is 5.02 Å². The molecule has 6 heteroatoms. The molecular weight excluding hydrogens is 226 g/mol. The molecule has 0 amide bonds. The van der Waals surface area contributed by atoms with Crippen molar-refractivity contribution in [2.45, 2.75) is 37.5 Å². The van der Waals surface area contributed by atoms with Crippen LogP contribution in [0.15, 0.2) is 4.52 Å². The van der Waals surface area contributed by atoms with Crippen molar-refractivity contribution in [3.05, 3.63) is 10.8 Å². The highest BCUT2D eigenvalue weighted by Gasteiger charge is 2.37. The summed E-state index contributed by atoms with van der Waals surface area (Å²) in [6.07, 6.45) is 0.464. The van der Waals surface area contributed by atoms with Crippen LogP contribution in [0.4, 0.5) is 14.6 Å². The van der Waals surface area contributed by atoms with Gasteiger partial charge in [-0.3, -0.25) is 0 Å². The molecule has 1 aliphatic carbocycles. The predicted molar refractivity (Wildman–Crippen MR) is 52.1 cm³/mol. The summed E-state index contributed by atoms with van der Waals surface area (Å²) in [6, 6.07) is 0. The zero-order valence-corrected chi connectivity index (χ0v) is 8.73. The van der Waals surface area contributed by atoms with Crippen molar-refractivity contribution in [3.8, 4) is 0 Å². The second-order valence-electron chi connectivity index (χ2n) is 3.88. The van der Waals surface area contributed by atoms with Crippen LogP contribution in [0.1, 0.15) is 37.4 Å². The lowest BCUT2D eigenvalue weighted by Gasteiger charge is -2.26. The Morgan fingerprint density at radius 2 is 2.00 bits per heavy atom. The third kappa shape index (κ3) is 2.07. The number of anilines is 1. The van der Waals surface area contributed by atoms with Gasteiger partial charge in [-0.2, -0.15) is 0 Å². The molecule has 2 rings (SSSR count). The van der Waals surface area contributed by atoms with E-state index in [1.807, 2.05) is 0 Å². The minimum Gasteiger partial charge on any atom is -0.380 e. The van der Waals surface area contributed by atoms with Gasteiger partial charge in [0.25, 0.3) is 0 Å². The number of nitrogen functional groups attached to an aromatic ring is 1. The van der Waals surface area contributed by atoms with Gasteiger partial charge in [0, 0.05) is 18.8 Å². The maximum Gasteiger partial charge on any atom is 0.248 e. The molecule has 1 aliphatic rings. The van der Waals surface area contributed by atoms with Crippen LogP contribution in [0.3, 0.4) is 0 Å². The van der Waals surface area contributed by atoms with Crippen LogP contribution in [-0.2, 0) is 0 Å². The Labute approximate surface area is 90.6 Å². The first kappa shape index (κ1) is 10.7. The third-order valence-electron chi connectivity index (χ3n) is 2.77. The molecule has 0 atom stereocenters. The van der Waals surface area contributed by atoms with E-state index in [4.69, 9.17) is 21.9 Å². The lowest BCUT2D eigenvalue weighted by molar-refractivity contribution is -0.0398. The fourth-order valence-corrected chi connectivity index (χ4v) is 2.08. The van der Waals surface area contributed by atoms with E-state index in [-0.39, 0.29) is 29.6 Å². The summed E-state index contributed by atoms with van der Waals surface area (Å²) in [4.78, 5) is 0. The van der Waals surface area contributed by atoms with E-state index in [1.165, 1.54) is 0 Å². The van der Waals surface area contributed by atoms with E-state index < -0.39 is 5.92 Å². The highest BCUT2D eigenvalue weighted by molar-refractivity contribution is 6.33. The van der Waals surface area contributed by atoms with Gasteiger partial charge in [-0.15, -0.1) is 0 Å². The highest BCUT2D eigenvalue weighted by atomic mass is 35.5. The van der Waals surface area contributed by atoms with E-state index in [0.29, 0.717) is 18.6 Å². The van der Waals surface area contributed by atoms with Crippen LogP contribution < -0.4 is 5.73 Å². The monoisotopic (exact) mass is 236 g/mol. The Morgan fingerprint density at radius 1 is 1.40 bits per heavy atom. The summed E-state index contributed by atoms with van der Waals surface area (Å²) in [5, 5.41) is 3.78. The van der Waals surface area contributed by atoms with Crippen LogP contribution in [0.25, 0.3) is 0 Å². The lowest BCUT2D eigenvalue weighted by atomic mass is 9.85. The molecule has 1 aromatic rings. The summed E-state index contributed by atoms with van der Waals surface area (Å²) in [5.74, 6) is -2.05. The molecule has 0 spiro atoms. The standard InChI is InChI=1S/C9H11ClF2N2O/c10-6-7(15-14-8(6)13)5-1-3-9(11,12)4-2-5/h5H,1-4H2,(H2,13,14). The summed E-state index contributed by atoms with van der Waals surface area (Å²) in [7, 11) is 0. The molecule has 0 bridgehead atoms. The van der Waals surface area contributed by atoms with E-state index in [0.717, 1.165) is 0 Å². The Balaban J connectivity index is 2.11. The molecule has 1 saturated carbocycles. The first-order valence-corrected chi connectivity index (χ1v) is 5.16. The molecule has 3 nitrogen and oxygen atoms in total. The number of nitrogens with two attached hydrogens (primary N) is 1. The van der Waals surface area contributed by atoms with Gasteiger partial charge in [0.2, 0.25) is 5.92 Å². The molecule has 15 heavy (non-hydrogen) atoms. The number of nitrogens with zero attached hydrogens (tertiary/aromatic N) is 1. The van der Waals surface area contributed by atoms with E-state index in [1.54, 1.807) is 0 Å². The summed E-state index contributed by atoms with van der Waals surface area (Å²) in [6.45, 7) is 0. The van der Waals surface area contributed by atoms with Crippen LogP contribution in [0.5, 0.6) is 0 Å². The lowest BCUT2D eigenvalue weighted by Crippen LogP contribution is -2.23. The van der Waals surface area contributed by atoms with Crippen molar-refractivity contribution in [1.29, 1.82) is 0 Å². The van der Waals surface area contributed by atoms with Gasteiger partial charge in [0.05, 0.1) is 0 Å². The van der Waals surface area contributed by atoms with Crippen molar-refractivity contribution >= 4 is 17.4 Å². The minimum atomic E-state index is -2.55. The quantitative estimate of drug-likeness (QED) is 0.815. The number of rotatable bonds is 1. The van der Waals surface area contributed by atoms with E-state index in [9.17, 15) is 8.78 Å². The molecule has 0 aliphatic heterocycles. The molecule has 1 aromatic heterocycles. The maximum absolute atomic E-state index is 12.9. The van der Waals surface area contributed by atoms with Crippen molar-refractivity contribution in [2.24, 2.45) is 0 Å². The Hall–Kier alpha value is -0.840. The van der Waals surface area contributed by atoms with E-state index >= 15 is 0 Å². The molecule has 2 N–H and O–H groups in total. The molecule has 84 valence electrons. The largest absolute Gasteiger partial charge is 0.380 e. The van der Waals surface area contributed by atoms with Crippen LogP contribution in [-0.4, -0.2) is 11.1 Å². The van der Waals surface area contributed by atoms with Crippen molar-refractivity contribution in [2.75, 3.05) is 5.73 Å². The van der Waals surface area contributed by atoms with Gasteiger partial charge in [-0.1, -0.05) is 16.8 Å². The second kappa shape index (κ2) is 3.63. The third-order valence-corrected chi connectivity index (χ3v) is 3.15. The molecule has 0 unspecified atom stereocenters. The minimum absolute atomic E-state index is 0.0816. The first-order chi connectivity index (χ1) is 6.99. The zero-order chi connectivity index (χ0) is 11.1. The van der Waals surface area contributed by atoms with Gasteiger partial charge in [-0.25, -0.2) is 8.78 Å². The zero-order valence-electron chi connectivity index (χ0n) is 7.97. The first-order valence-electron chi connectivity index (χ1n) is 4.78. The summed E-state index contributed by atoms with van der Waals surface area (Å²) in [5.41, 5.74) is 5.42. The number of halogens is 3. The topological polar surface area (TPSA) is 52.0 Å². The van der Waals surface area contributed by atoms with Crippen LogP contribution >= 0.6 is 11.6 Å². The summed E-state index contributed by atoms with van der Waals surface area (Å²) >= 11 is 5.84. The SMILES string of the molecule is Nc1noc(C2CCC(F)(F)CC2)c1Cl. The van der Waals surface area contributed by atoms with Crippen molar-refractivity contribution < 1.29 is 13.3 Å². The molecule has 0 saturated heterocycles. The van der Waals surface area contributed by atoms with Crippen LogP contribution in [0, 0.1) is 0 Å². The van der Waals surface area contributed by atoms with Gasteiger partial charge >= 0.3 is 0 Å². The van der Waals surface area contributed by atoms with Crippen molar-refractivity contribution in [1.82, 2.24) is 5.16 Å². The number of aromatic nitrogens is 1. The maximum atomic E-state index is 12.9. The van der Waals surface area contributed by atoms with Gasteiger partial charge in [0.1, 0.15) is 5.02 Å². The molecule has 0 radical (unpaired) electrons. The molecule has 1 fully saturated rings. The number of hydrogen-bond acceptors (Lipinski definition) is 3. The normalized spacial score (nSPS) is 21.8. The van der Waals surface area contributed by atoms with Gasteiger partial charge < -0.3 is 10.3 Å². The van der Waals surface area contributed by atoms with E-state index in [2.05, 4.69) is 5.16 Å². The van der Waals surface area contributed by atoms with Gasteiger partial charge in [0.15, 0.2) is 11.6 Å². The highest BCUT2D eigenvalue weighted by Crippen LogP contribution is 2.43. The fraction of sp³-hybridized carbons (Fsp3) is 0.667. The average Bonchev–Trinajstić information content (AvgIpc) is 2.49. The second-order valence-corrected chi connectivity index (χ2v) is 4.25. The number of hydrogen-bond donors (Lipinski definition) is 1. The smallest absolute Gasteiger partial charge is 0.248 e. The Morgan fingerprint density at radius 3 is 2.47 bits per heavy atom. The Bertz CT molecular complexity index is 357.